The van der Waals surface area contributed by atoms with E-state index >= 15 is 0 Å². The Kier molecular flexibility index (Phi) is 4.19. The summed E-state index contributed by atoms with van der Waals surface area (Å²) in [5, 5.41) is 30.0. The molecule has 2 heterocycles. The average Bonchev–Trinajstić information content (AvgIpc) is 2.63. The molecule has 7 nitrogen and oxygen atoms in total. The molecule has 2 rings (SSSR count). The molecule has 2 aliphatic heterocycles. The highest BCUT2D eigenvalue weighted by atomic mass is 35.5. The molecule has 0 aromatic carbocycles. The van der Waals surface area contributed by atoms with Crippen molar-refractivity contribution >= 4 is 17.4 Å². The monoisotopic (exact) mass is 315 g/mol. The van der Waals surface area contributed by atoms with E-state index in [1.54, 1.807) is 6.92 Å². The lowest BCUT2D eigenvalue weighted by molar-refractivity contribution is -0.131. The van der Waals surface area contributed by atoms with Crippen LogP contribution in [0.4, 0.5) is 0 Å². The number of rotatable bonds is 2. The summed E-state index contributed by atoms with van der Waals surface area (Å²) >= 11 is 6.33. The molecule has 0 aromatic heterocycles. The summed E-state index contributed by atoms with van der Waals surface area (Å²) in [7, 11) is 0. The highest BCUT2D eigenvalue weighted by Gasteiger charge is 2.59. The Labute approximate surface area is 127 Å². The molecule has 2 aliphatic rings. The summed E-state index contributed by atoms with van der Waals surface area (Å²) in [6, 6.07) is 0. The summed E-state index contributed by atoms with van der Waals surface area (Å²) in [6.07, 6.45) is 1.28. The lowest BCUT2D eigenvalue weighted by atomic mass is 9.96. The second kappa shape index (κ2) is 5.48. The molecule has 0 radical (unpaired) electrons. The van der Waals surface area contributed by atoms with Crippen molar-refractivity contribution in [1.82, 2.24) is 4.90 Å². The van der Waals surface area contributed by atoms with E-state index in [0.29, 0.717) is 5.70 Å². The van der Waals surface area contributed by atoms with Crippen molar-refractivity contribution in [3.05, 3.63) is 11.8 Å². The van der Waals surface area contributed by atoms with E-state index in [0.717, 1.165) is 0 Å². The molecular weight excluding hydrogens is 298 g/mol. The predicted molar refractivity (Wildman–Crippen MR) is 77.0 cm³/mol. The first-order chi connectivity index (χ1) is 9.72. The van der Waals surface area contributed by atoms with Gasteiger partial charge in [-0.25, -0.2) is 4.99 Å². The van der Waals surface area contributed by atoms with Gasteiger partial charge in [-0.1, -0.05) is 17.5 Å². The van der Waals surface area contributed by atoms with Gasteiger partial charge in [0.1, 0.15) is 18.0 Å². The summed E-state index contributed by atoms with van der Waals surface area (Å²) < 4.78 is 5.60. The first kappa shape index (κ1) is 16.1. The fourth-order valence-electron chi connectivity index (χ4n) is 2.52. The minimum atomic E-state index is -1.64. The van der Waals surface area contributed by atoms with E-state index in [1.165, 1.54) is 17.9 Å². The standard InChI is InChI=1S/C13H18ClN3O4/c1-4-13(14)10(19)9(7(3)18)21-11(13)17-6(2)5-8(15)16-12(17)20/h1,5,7,9-12,18-20H,2-3H3,(H2,15,16)/t7-,9+,10?,11+,12?,13?/m0/s1. The van der Waals surface area contributed by atoms with Crippen LogP contribution in [0.1, 0.15) is 13.8 Å². The molecule has 21 heavy (non-hydrogen) atoms. The molecule has 0 bridgehead atoms. The number of allylic oxidation sites excluding steroid dienone is 1. The molecule has 0 spiro atoms. The molecule has 0 saturated carbocycles. The fourth-order valence-corrected chi connectivity index (χ4v) is 2.80. The van der Waals surface area contributed by atoms with Gasteiger partial charge in [0.05, 0.1) is 6.10 Å². The maximum atomic E-state index is 10.3. The summed E-state index contributed by atoms with van der Waals surface area (Å²) in [5.41, 5.74) is 6.09. The number of aliphatic hydroxyl groups excluding tert-OH is 3. The van der Waals surface area contributed by atoms with Crippen LogP contribution in [0.3, 0.4) is 0 Å². The van der Waals surface area contributed by atoms with Gasteiger partial charge in [-0.15, -0.1) is 6.42 Å². The third-order valence-corrected chi connectivity index (χ3v) is 4.13. The molecule has 0 aromatic rings. The first-order valence-corrected chi connectivity index (χ1v) is 6.76. The molecule has 1 fully saturated rings. The van der Waals surface area contributed by atoms with Crippen LogP contribution in [0.5, 0.6) is 0 Å². The Bertz CT molecular complexity index is 530. The largest absolute Gasteiger partial charge is 0.391 e. The number of aliphatic imine (C=N–C) groups is 1. The first-order valence-electron chi connectivity index (χ1n) is 6.38. The van der Waals surface area contributed by atoms with Gasteiger partial charge in [0.15, 0.2) is 11.1 Å². The van der Waals surface area contributed by atoms with Crippen LogP contribution in [-0.4, -0.2) is 61.8 Å². The fraction of sp³-hybridized carbons (Fsp3) is 0.615. The van der Waals surface area contributed by atoms with Crippen molar-refractivity contribution < 1.29 is 20.1 Å². The SMILES string of the molecule is C#CC1(Cl)C(O)[C@@H]([C@H](C)O)O[C@H]1N1C(C)=CC(N)=NC1O. The van der Waals surface area contributed by atoms with Gasteiger partial charge in [0.25, 0.3) is 0 Å². The lowest BCUT2D eigenvalue weighted by Gasteiger charge is -2.39. The van der Waals surface area contributed by atoms with Gasteiger partial charge >= 0.3 is 0 Å². The Morgan fingerprint density at radius 2 is 2.24 bits per heavy atom. The third-order valence-electron chi connectivity index (χ3n) is 3.61. The van der Waals surface area contributed by atoms with Gasteiger partial charge < -0.3 is 30.7 Å². The highest BCUT2D eigenvalue weighted by Crippen LogP contribution is 2.41. The third kappa shape index (κ3) is 2.50. The lowest BCUT2D eigenvalue weighted by Crippen LogP contribution is -2.54. The number of ether oxygens (including phenoxy) is 1. The zero-order valence-corrected chi connectivity index (χ0v) is 12.4. The molecule has 5 N–H and O–H groups in total. The number of nitrogens with two attached hydrogens (primary N) is 1. The Hall–Kier alpha value is -1.30. The minimum Gasteiger partial charge on any atom is -0.391 e. The zero-order valence-electron chi connectivity index (χ0n) is 11.6. The van der Waals surface area contributed by atoms with Gasteiger partial charge in [-0.2, -0.15) is 0 Å². The van der Waals surface area contributed by atoms with Crippen LogP contribution in [0.2, 0.25) is 0 Å². The van der Waals surface area contributed by atoms with E-state index in [-0.39, 0.29) is 5.84 Å². The van der Waals surface area contributed by atoms with E-state index in [1.807, 2.05) is 0 Å². The van der Waals surface area contributed by atoms with Crippen molar-refractivity contribution in [2.75, 3.05) is 0 Å². The Morgan fingerprint density at radius 1 is 1.62 bits per heavy atom. The van der Waals surface area contributed by atoms with Crippen LogP contribution in [0.25, 0.3) is 0 Å². The van der Waals surface area contributed by atoms with Gasteiger partial charge in [-0.3, -0.25) is 0 Å². The highest BCUT2D eigenvalue weighted by molar-refractivity contribution is 6.27. The molecule has 116 valence electrons. The second-order valence-electron chi connectivity index (χ2n) is 5.14. The molecule has 1 saturated heterocycles. The van der Waals surface area contributed by atoms with Gasteiger partial charge in [0.2, 0.25) is 6.35 Å². The van der Waals surface area contributed by atoms with E-state index in [9.17, 15) is 15.3 Å². The molecular formula is C13H18ClN3O4. The van der Waals surface area contributed by atoms with Crippen molar-refractivity contribution in [1.29, 1.82) is 0 Å². The Balaban J connectivity index is 2.39. The number of amidine groups is 1. The van der Waals surface area contributed by atoms with Crippen LogP contribution < -0.4 is 5.73 Å². The van der Waals surface area contributed by atoms with Crippen molar-refractivity contribution in [3.63, 3.8) is 0 Å². The molecule has 8 heteroatoms. The van der Waals surface area contributed by atoms with E-state index < -0.39 is 35.8 Å². The summed E-state index contributed by atoms with van der Waals surface area (Å²) in [6.45, 7) is 3.12. The smallest absolute Gasteiger partial charge is 0.229 e. The van der Waals surface area contributed by atoms with E-state index in [2.05, 4.69) is 10.9 Å². The maximum absolute atomic E-state index is 10.3. The van der Waals surface area contributed by atoms with Gasteiger partial charge in [0, 0.05) is 5.70 Å². The average molecular weight is 316 g/mol. The number of terminal acetylenes is 1. The number of halogens is 1. The zero-order chi connectivity index (χ0) is 15.9. The quantitative estimate of drug-likeness (QED) is 0.381. The molecule has 0 aliphatic carbocycles. The van der Waals surface area contributed by atoms with Crippen molar-refractivity contribution in [2.45, 2.75) is 49.6 Å². The Morgan fingerprint density at radius 3 is 2.71 bits per heavy atom. The van der Waals surface area contributed by atoms with Crippen LogP contribution in [-0.2, 0) is 4.74 Å². The van der Waals surface area contributed by atoms with Crippen molar-refractivity contribution in [2.24, 2.45) is 10.7 Å². The molecule has 0 amide bonds. The number of alkyl halides is 1. The van der Waals surface area contributed by atoms with Gasteiger partial charge in [-0.05, 0) is 19.9 Å². The number of hydrogen-bond acceptors (Lipinski definition) is 7. The number of hydrogen-bond donors (Lipinski definition) is 4. The maximum Gasteiger partial charge on any atom is 0.229 e. The number of aliphatic hydroxyl groups is 3. The van der Waals surface area contributed by atoms with E-state index in [4.69, 9.17) is 28.5 Å². The second-order valence-corrected chi connectivity index (χ2v) is 5.77. The number of nitrogens with zero attached hydrogens (tertiary/aromatic N) is 2. The topological polar surface area (TPSA) is 112 Å². The predicted octanol–water partition coefficient (Wildman–Crippen LogP) is -1.08. The summed E-state index contributed by atoms with van der Waals surface area (Å²) in [4.78, 5) is 3.48. The summed E-state index contributed by atoms with van der Waals surface area (Å²) in [5.74, 6) is 2.45. The molecule has 6 atom stereocenters. The van der Waals surface area contributed by atoms with Crippen LogP contribution in [0, 0.1) is 12.3 Å². The van der Waals surface area contributed by atoms with Crippen LogP contribution in [0.15, 0.2) is 16.8 Å². The normalized spacial score (nSPS) is 41.3. The van der Waals surface area contributed by atoms with Crippen LogP contribution >= 0.6 is 11.6 Å². The van der Waals surface area contributed by atoms with Crippen molar-refractivity contribution in [3.8, 4) is 12.3 Å². The minimum absolute atomic E-state index is 0.155. The molecule has 3 unspecified atom stereocenters.